The standard InChI is InChI=1S/C15H16N2O3S2/c1-10(11-5-7-12(8-6-11)22(2,19)20)17-14(18)13-4-3-9-16-15(13)21/h3-10H,1-2H3,(H,16,21)(H,17,18)/t10-/m0/s1. The van der Waals surface area contributed by atoms with E-state index in [1.54, 1.807) is 30.5 Å². The Morgan fingerprint density at radius 2 is 1.86 bits per heavy atom. The third-order valence-electron chi connectivity index (χ3n) is 3.22. The number of benzene rings is 1. The van der Waals surface area contributed by atoms with Crippen LogP contribution in [0.3, 0.4) is 0 Å². The van der Waals surface area contributed by atoms with E-state index < -0.39 is 9.84 Å². The van der Waals surface area contributed by atoms with Crippen LogP contribution < -0.4 is 5.32 Å². The Labute approximate surface area is 134 Å². The van der Waals surface area contributed by atoms with E-state index in [1.807, 2.05) is 6.92 Å². The molecule has 0 radical (unpaired) electrons. The summed E-state index contributed by atoms with van der Waals surface area (Å²) < 4.78 is 23.2. The van der Waals surface area contributed by atoms with Crippen molar-refractivity contribution in [2.45, 2.75) is 17.9 Å². The van der Waals surface area contributed by atoms with Crippen molar-refractivity contribution in [3.05, 3.63) is 58.4 Å². The van der Waals surface area contributed by atoms with Gasteiger partial charge in [-0.15, -0.1) is 0 Å². The molecule has 1 heterocycles. The van der Waals surface area contributed by atoms with Crippen molar-refractivity contribution in [1.29, 1.82) is 0 Å². The summed E-state index contributed by atoms with van der Waals surface area (Å²) in [4.78, 5) is 15.2. The molecule has 22 heavy (non-hydrogen) atoms. The number of nitrogens with one attached hydrogen (secondary N) is 2. The van der Waals surface area contributed by atoms with Gasteiger partial charge in [-0.3, -0.25) is 4.79 Å². The maximum atomic E-state index is 12.2. The van der Waals surface area contributed by atoms with Crippen molar-refractivity contribution < 1.29 is 13.2 Å². The van der Waals surface area contributed by atoms with Crippen molar-refractivity contribution in [2.24, 2.45) is 0 Å². The molecular formula is C15H16N2O3S2. The summed E-state index contributed by atoms with van der Waals surface area (Å²) >= 11 is 5.07. The van der Waals surface area contributed by atoms with E-state index in [0.29, 0.717) is 10.2 Å². The molecule has 1 amide bonds. The molecule has 5 nitrogen and oxygen atoms in total. The van der Waals surface area contributed by atoms with Gasteiger partial charge in [0.05, 0.1) is 16.5 Å². The number of sulfone groups is 1. The van der Waals surface area contributed by atoms with Gasteiger partial charge in [0, 0.05) is 12.5 Å². The van der Waals surface area contributed by atoms with Crippen molar-refractivity contribution >= 4 is 28.0 Å². The van der Waals surface area contributed by atoms with Crippen LogP contribution in [0.5, 0.6) is 0 Å². The number of hydrogen-bond donors (Lipinski definition) is 2. The Morgan fingerprint density at radius 3 is 2.41 bits per heavy atom. The molecule has 2 aromatic rings. The molecule has 1 aromatic carbocycles. The molecule has 0 aliphatic carbocycles. The highest BCUT2D eigenvalue weighted by Gasteiger charge is 2.14. The molecule has 2 N–H and O–H groups in total. The van der Waals surface area contributed by atoms with Gasteiger partial charge < -0.3 is 10.3 Å². The summed E-state index contributed by atoms with van der Waals surface area (Å²) in [5, 5.41) is 2.84. The molecule has 0 aliphatic heterocycles. The first kappa shape index (κ1) is 16.4. The van der Waals surface area contributed by atoms with Crippen LogP contribution in [0.15, 0.2) is 47.5 Å². The van der Waals surface area contributed by atoms with Gasteiger partial charge in [0.15, 0.2) is 9.84 Å². The smallest absolute Gasteiger partial charge is 0.254 e. The van der Waals surface area contributed by atoms with Gasteiger partial charge in [-0.2, -0.15) is 0 Å². The molecular weight excluding hydrogens is 320 g/mol. The lowest BCUT2D eigenvalue weighted by atomic mass is 10.1. The molecule has 1 aromatic heterocycles. The maximum Gasteiger partial charge on any atom is 0.254 e. The Bertz CT molecular complexity index is 840. The molecule has 0 unspecified atom stereocenters. The summed E-state index contributed by atoms with van der Waals surface area (Å²) in [7, 11) is -3.22. The third-order valence-corrected chi connectivity index (χ3v) is 4.68. The summed E-state index contributed by atoms with van der Waals surface area (Å²) in [6, 6.07) is 9.52. The van der Waals surface area contributed by atoms with Crippen LogP contribution in [0.25, 0.3) is 0 Å². The quantitative estimate of drug-likeness (QED) is 0.841. The van der Waals surface area contributed by atoms with Gasteiger partial charge in [-0.25, -0.2) is 8.42 Å². The number of carbonyl (C=O) groups is 1. The van der Waals surface area contributed by atoms with E-state index in [9.17, 15) is 13.2 Å². The molecule has 0 fully saturated rings. The second-order valence-corrected chi connectivity index (χ2v) is 7.37. The fraction of sp³-hybridized carbons (Fsp3) is 0.200. The van der Waals surface area contributed by atoms with Crippen LogP contribution in [0.1, 0.15) is 28.9 Å². The molecule has 2 rings (SSSR count). The number of carbonyl (C=O) groups excluding carboxylic acids is 1. The van der Waals surface area contributed by atoms with E-state index in [0.717, 1.165) is 11.8 Å². The van der Waals surface area contributed by atoms with Crippen LogP contribution in [-0.4, -0.2) is 25.6 Å². The average molecular weight is 336 g/mol. The minimum Gasteiger partial charge on any atom is -0.352 e. The minimum absolute atomic E-state index is 0.250. The van der Waals surface area contributed by atoms with Crippen molar-refractivity contribution in [3.8, 4) is 0 Å². The molecule has 0 aliphatic rings. The molecule has 0 saturated carbocycles. The van der Waals surface area contributed by atoms with Crippen LogP contribution in [-0.2, 0) is 9.84 Å². The van der Waals surface area contributed by atoms with E-state index in [-0.39, 0.29) is 16.8 Å². The topological polar surface area (TPSA) is 79.0 Å². The van der Waals surface area contributed by atoms with E-state index in [1.165, 1.54) is 12.1 Å². The first-order valence-corrected chi connectivity index (χ1v) is 8.87. The number of aromatic nitrogens is 1. The summed E-state index contributed by atoms with van der Waals surface area (Å²) in [5.74, 6) is -0.276. The molecule has 116 valence electrons. The summed E-state index contributed by atoms with van der Waals surface area (Å²) in [6.07, 6.45) is 2.82. The highest BCUT2D eigenvalue weighted by Crippen LogP contribution is 2.16. The normalized spacial score (nSPS) is 12.6. The maximum absolute atomic E-state index is 12.2. The summed E-state index contributed by atoms with van der Waals surface area (Å²) in [5.41, 5.74) is 1.21. The van der Waals surface area contributed by atoms with Gasteiger partial charge in [0.1, 0.15) is 4.64 Å². The van der Waals surface area contributed by atoms with Crippen LogP contribution in [0.2, 0.25) is 0 Å². The predicted molar refractivity (Wildman–Crippen MR) is 87.1 cm³/mol. The zero-order valence-electron chi connectivity index (χ0n) is 12.2. The second-order valence-electron chi connectivity index (χ2n) is 4.95. The lowest BCUT2D eigenvalue weighted by Gasteiger charge is -2.14. The fourth-order valence-corrected chi connectivity index (χ4v) is 2.82. The highest BCUT2D eigenvalue weighted by atomic mass is 32.2. The molecule has 0 bridgehead atoms. The van der Waals surface area contributed by atoms with Crippen molar-refractivity contribution in [1.82, 2.24) is 10.3 Å². The Kier molecular flexibility index (Phi) is 4.77. The Balaban J connectivity index is 2.16. The van der Waals surface area contributed by atoms with Crippen LogP contribution in [0.4, 0.5) is 0 Å². The second kappa shape index (κ2) is 6.41. The van der Waals surface area contributed by atoms with Gasteiger partial charge in [-0.1, -0.05) is 24.4 Å². The van der Waals surface area contributed by atoms with E-state index >= 15 is 0 Å². The highest BCUT2D eigenvalue weighted by molar-refractivity contribution is 7.90. The van der Waals surface area contributed by atoms with Crippen LogP contribution in [0, 0.1) is 4.64 Å². The Hall–Kier alpha value is -1.99. The number of rotatable bonds is 4. The van der Waals surface area contributed by atoms with E-state index in [4.69, 9.17) is 12.2 Å². The number of H-pyrrole nitrogens is 1. The van der Waals surface area contributed by atoms with Gasteiger partial charge in [0.2, 0.25) is 0 Å². The SMILES string of the molecule is C[C@H](NC(=O)c1ccc[nH]c1=S)c1ccc(S(C)(=O)=O)cc1. The monoisotopic (exact) mass is 336 g/mol. The third kappa shape index (κ3) is 3.80. The number of amides is 1. The molecule has 1 atom stereocenters. The average Bonchev–Trinajstić information content (AvgIpc) is 2.46. The Morgan fingerprint density at radius 1 is 1.23 bits per heavy atom. The predicted octanol–water partition coefficient (Wildman–Crippen LogP) is 2.64. The number of aromatic amines is 1. The first-order chi connectivity index (χ1) is 10.3. The van der Waals surface area contributed by atoms with Gasteiger partial charge in [0.25, 0.3) is 5.91 Å². The van der Waals surface area contributed by atoms with Crippen LogP contribution >= 0.6 is 12.2 Å². The number of hydrogen-bond acceptors (Lipinski definition) is 4. The summed E-state index contributed by atoms with van der Waals surface area (Å²) in [6.45, 7) is 1.82. The van der Waals surface area contributed by atoms with Crippen molar-refractivity contribution in [3.63, 3.8) is 0 Å². The molecule has 7 heteroatoms. The van der Waals surface area contributed by atoms with Gasteiger partial charge in [-0.05, 0) is 36.8 Å². The first-order valence-electron chi connectivity index (χ1n) is 6.57. The zero-order valence-corrected chi connectivity index (χ0v) is 13.8. The largest absolute Gasteiger partial charge is 0.352 e. The molecule has 0 saturated heterocycles. The minimum atomic E-state index is -3.22. The zero-order chi connectivity index (χ0) is 16.3. The number of pyridine rings is 1. The van der Waals surface area contributed by atoms with Gasteiger partial charge >= 0.3 is 0 Å². The molecule has 0 spiro atoms. The lowest BCUT2D eigenvalue weighted by molar-refractivity contribution is 0.0939. The van der Waals surface area contributed by atoms with Crippen molar-refractivity contribution in [2.75, 3.05) is 6.26 Å². The lowest BCUT2D eigenvalue weighted by Crippen LogP contribution is -2.27. The van der Waals surface area contributed by atoms with E-state index in [2.05, 4.69) is 10.3 Å². The fourth-order valence-electron chi connectivity index (χ4n) is 1.96.